The van der Waals surface area contributed by atoms with Crippen molar-refractivity contribution in [2.75, 3.05) is 26.2 Å². The summed E-state index contributed by atoms with van der Waals surface area (Å²) >= 11 is 0. The summed E-state index contributed by atoms with van der Waals surface area (Å²) in [7, 11) is 0. The lowest BCUT2D eigenvalue weighted by molar-refractivity contribution is 0.0260. The zero-order chi connectivity index (χ0) is 34.4. The molecule has 3 aromatic rings. The molecule has 0 saturated heterocycles. The fraction of sp³-hybridized carbons (Fsp3) is 0.459. The molecule has 1 saturated carbocycles. The van der Waals surface area contributed by atoms with Crippen LogP contribution in [0.4, 0.5) is 18.4 Å². The van der Waals surface area contributed by atoms with Gasteiger partial charge in [-0.1, -0.05) is 24.3 Å². The average Bonchev–Trinajstić information content (AvgIpc) is 3.77. The topological polar surface area (TPSA) is 89.8 Å². The molecule has 0 N–H and O–H groups in total. The van der Waals surface area contributed by atoms with Gasteiger partial charge in [0.05, 0.1) is 11.1 Å². The Morgan fingerprint density at radius 3 is 1.44 bits per heavy atom. The molecular weight excluding hydrogens is 616 g/mol. The molecule has 11 heteroatoms. The van der Waals surface area contributed by atoms with Gasteiger partial charge in [-0.3, -0.25) is 0 Å². The van der Waals surface area contributed by atoms with Crippen LogP contribution in [0.15, 0.2) is 48.6 Å². The van der Waals surface area contributed by atoms with E-state index in [9.17, 15) is 9.59 Å². The Labute approximate surface area is 280 Å². The van der Waals surface area contributed by atoms with E-state index in [2.05, 4.69) is 10.2 Å². The molecule has 9 nitrogen and oxygen atoms in total. The third-order valence-corrected chi connectivity index (χ3v) is 8.49. The SMILES string of the molecule is CC(C)(C)OC(=O)N1CC=C(c2ccc(-c3nnc(-c4ccc(C5=CCN(C(=O)OC(C)(C)C)CC5)cc4F)n3C3CC3)c(F)c2)CC1. The number of ether oxygens (including phenoxy) is 2. The van der Waals surface area contributed by atoms with Crippen LogP contribution in [0.25, 0.3) is 33.9 Å². The summed E-state index contributed by atoms with van der Waals surface area (Å²) in [5.41, 5.74) is 2.85. The summed E-state index contributed by atoms with van der Waals surface area (Å²) in [6, 6.07) is 10.2. The zero-order valence-electron chi connectivity index (χ0n) is 28.5. The number of hydrogen-bond acceptors (Lipinski definition) is 6. The van der Waals surface area contributed by atoms with Gasteiger partial charge in [-0.25, -0.2) is 18.4 Å². The maximum Gasteiger partial charge on any atom is 0.410 e. The van der Waals surface area contributed by atoms with E-state index < -0.39 is 22.8 Å². The zero-order valence-corrected chi connectivity index (χ0v) is 28.5. The van der Waals surface area contributed by atoms with Gasteiger partial charge in [0.2, 0.25) is 0 Å². The lowest BCUT2D eigenvalue weighted by Gasteiger charge is -2.29. The highest BCUT2D eigenvalue weighted by Gasteiger charge is 2.33. The van der Waals surface area contributed by atoms with Crippen LogP contribution in [0, 0.1) is 11.6 Å². The molecule has 0 spiro atoms. The molecule has 6 rings (SSSR count). The van der Waals surface area contributed by atoms with Crippen molar-refractivity contribution >= 4 is 23.3 Å². The minimum absolute atomic E-state index is 0.0583. The van der Waals surface area contributed by atoms with Crippen molar-refractivity contribution in [2.45, 2.75) is 84.5 Å². The first-order chi connectivity index (χ1) is 22.7. The number of hydrogen-bond donors (Lipinski definition) is 0. The van der Waals surface area contributed by atoms with Crippen LogP contribution in [-0.4, -0.2) is 74.1 Å². The molecule has 48 heavy (non-hydrogen) atoms. The number of amides is 2. The Hall–Kier alpha value is -4.54. The molecule has 0 radical (unpaired) electrons. The monoisotopic (exact) mass is 659 g/mol. The molecule has 2 amide bonds. The molecule has 3 heterocycles. The van der Waals surface area contributed by atoms with Crippen LogP contribution in [0.2, 0.25) is 0 Å². The second-order valence-electron chi connectivity index (χ2n) is 14.6. The molecule has 2 aliphatic heterocycles. The second kappa shape index (κ2) is 12.8. The maximum absolute atomic E-state index is 15.7. The predicted octanol–water partition coefficient (Wildman–Crippen LogP) is 8.27. The summed E-state index contributed by atoms with van der Waals surface area (Å²) in [5, 5.41) is 8.72. The highest BCUT2D eigenvalue weighted by atomic mass is 19.1. The van der Waals surface area contributed by atoms with Crippen molar-refractivity contribution in [1.82, 2.24) is 24.6 Å². The molecule has 1 aliphatic carbocycles. The summed E-state index contributed by atoms with van der Waals surface area (Å²) in [5.74, 6) is -0.148. The van der Waals surface area contributed by atoms with Gasteiger partial charge in [-0.2, -0.15) is 0 Å². The normalized spacial score (nSPS) is 17.2. The summed E-state index contributed by atoms with van der Waals surface area (Å²) in [6.45, 7) is 12.7. The molecule has 2 aromatic carbocycles. The number of aromatic nitrogens is 3. The highest BCUT2D eigenvalue weighted by Crippen LogP contribution is 2.42. The first kappa shape index (κ1) is 33.4. The summed E-state index contributed by atoms with van der Waals surface area (Å²) < 4.78 is 44.3. The molecule has 1 aromatic heterocycles. The summed E-state index contributed by atoms with van der Waals surface area (Å²) in [4.78, 5) is 28.2. The first-order valence-corrected chi connectivity index (χ1v) is 16.6. The van der Waals surface area contributed by atoms with E-state index in [4.69, 9.17) is 9.47 Å². The average molecular weight is 660 g/mol. The van der Waals surface area contributed by atoms with E-state index in [1.165, 1.54) is 12.1 Å². The van der Waals surface area contributed by atoms with Crippen LogP contribution >= 0.6 is 0 Å². The van der Waals surface area contributed by atoms with Crippen molar-refractivity contribution < 1.29 is 27.8 Å². The third kappa shape index (κ3) is 7.45. The van der Waals surface area contributed by atoms with Gasteiger partial charge in [0, 0.05) is 32.2 Å². The maximum atomic E-state index is 15.7. The number of rotatable bonds is 5. The Bertz CT molecular complexity index is 1670. The molecule has 3 aliphatic rings. The largest absolute Gasteiger partial charge is 0.444 e. The van der Waals surface area contributed by atoms with Crippen LogP contribution in [0.3, 0.4) is 0 Å². The smallest absolute Gasteiger partial charge is 0.410 e. The molecular formula is C37H43F2N5O4. The van der Waals surface area contributed by atoms with Crippen molar-refractivity contribution in [3.63, 3.8) is 0 Å². The van der Waals surface area contributed by atoms with Crippen molar-refractivity contribution in [2.24, 2.45) is 0 Å². The van der Waals surface area contributed by atoms with E-state index in [0.29, 0.717) is 61.8 Å². The fourth-order valence-corrected chi connectivity index (χ4v) is 5.98. The number of benzene rings is 2. The van der Waals surface area contributed by atoms with E-state index in [0.717, 1.165) is 35.1 Å². The lowest BCUT2D eigenvalue weighted by atomic mass is 9.97. The molecule has 0 unspecified atom stereocenters. The standard InChI is InChI=1S/C37H43F2N5O4/c1-36(2,3)47-34(45)42-17-13-23(14-18-42)25-7-11-28(30(38)21-25)32-40-41-33(44(32)27-9-10-27)29-12-8-26(22-31(29)39)24-15-19-43(20-16-24)35(46)48-37(4,5)6/h7-8,11-13,15,21-22,27H,9-10,14,16-20H2,1-6H3. The van der Waals surface area contributed by atoms with E-state index >= 15 is 8.78 Å². The van der Waals surface area contributed by atoms with Gasteiger partial charge in [0.25, 0.3) is 0 Å². The van der Waals surface area contributed by atoms with Crippen molar-refractivity contribution in [3.8, 4) is 22.8 Å². The van der Waals surface area contributed by atoms with Gasteiger partial charge in [0.15, 0.2) is 11.6 Å². The predicted molar refractivity (Wildman–Crippen MR) is 180 cm³/mol. The second-order valence-corrected chi connectivity index (χ2v) is 14.6. The minimum atomic E-state index is -0.572. The van der Waals surface area contributed by atoms with Gasteiger partial charge < -0.3 is 23.8 Å². The van der Waals surface area contributed by atoms with E-state index in [1.807, 2.05) is 70.4 Å². The minimum Gasteiger partial charge on any atom is -0.444 e. The van der Waals surface area contributed by atoms with Crippen molar-refractivity contribution in [1.29, 1.82) is 0 Å². The third-order valence-electron chi connectivity index (χ3n) is 8.49. The number of halogens is 2. The lowest BCUT2D eigenvalue weighted by Crippen LogP contribution is -2.39. The van der Waals surface area contributed by atoms with Crippen LogP contribution in [-0.2, 0) is 9.47 Å². The summed E-state index contributed by atoms with van der Waals surface area (Å²) in [6.07, 6.45) is 6.04. The number of nitrogens with zero attached hydrogens (tertiary/aromatic N) is 5. The van der Waals surface area contributed by atoms with Crippen LogP contribution < -0.4 is 0 Å². The Balaban J connectivity index is 1.20. The number of carbonyl (C=O) groups excluding carboxylic acids is 2. The quantitative estimate of drug-likeness (QED) is 0.274. The van der Waals surface area contributed by atoms with Crippen LogP contribution in [0.1, 0.15) is 84.4 Å². The van der Waals surface area contributed by atoms with Gasteiger partial charge in [-0.15, -0.1) is 10.2 Å². The molecule has 1 fully saturated rings. The van der Waals surface area contributed by atoms with E-state index in [-0.39, 0.29) is 18.2 Å². The van der Waals surface area contributed by atoms with Gasteiger partial charge in [-0.05, 0) is 114 Å². The Morgan fingerprint density at radius 1 is 0.708 bits per heavy atom. The highest BCUT2D eigenvalue weighted by molar-refractivity contribution is 5.76. The number of carbonyl (C=O) groups is 2. The molecule has 254 valence electrons. The van der Waals surface area contributed by atoms with Crippen molar-refractivity contribution in [3.05, 3.63) is 71.3 Å². The first-order valence-electron chi connectivity index (χ1n) is 16.6. The van der Waals surface area contributed by atoms with E-state index in [1.54, 1.807) is 21.9 Å². The Morgan fingerprint density at radius 2 is 1.12 bits per heavy atom. The van der Waals surface area contributed by atoms with Crippen LogP contribution in [0.5, 0.6) is 0 Å². The fourth-order valence-electron chi connectivity index (χ4n) is 5.98. The molecule has 0 atom stereocenters. The van der Waals surface area contributed by atoms with Gasteiger partial charge >= 0.3 is 12.2 Å². The molecule has 0 bridgehead atoms. The van der Waals surface area contributed by atoms with Gasteiger partial charge in [0.1, 0.15) is 22.8 Å². The Kier molecular flexibility index (Phi) is 8.91.